The number of amides is 3. The highest BCUT2D eigenvalue weighted by Gasteiger charge is 2.24. The molecule has 1 aromatic rings. The summed E-state index contributed by atoms with van der Waals surface area (Å²) in [5.41, 5.74) is 5.93. The third-order valence-electron chi connectivity index (χ3n) is 3.66. The number of nitrogens with one attached hydrogen (secondary N) is 3. The van der Waals surface area contributed by atoms with Crippen LogP contribution in [-0.2, 0) is 25.6 Å². The van der Waals surface area contributed by atoms with Crippen LogP contribution in [-0.4, -0.2) is 70.3 Å². The number of carboxylic acids is 1. The van der Waals surface area contributed by atoms with Crippen LogP contribution in [0, 0.1) is 0 Å². The standard InChI is InChI=1S/C17H24N4O7/c1-9(18)15(25)21-13(8-22)16(26)19-7-14(24)20-12(17(27)28)6-10-2-4-11(23)5-3-10/h2-5,9,12-13,22-23H,6-8,18H2,1H3,(H,19,26)(H,20,24)(H,21,25)(H,27,28). The molecular formula is C17H24N4O7. The van der Waals surface area contributed by atoms with Gasteiger partial charge in [-0.15, -0.1) is 0 Å². The van der Waals surface area contributed by atoms with Crippen molar-refractivity contribution in [2.24, 2.45) is 5.73 Å². The number of carbonyl (C=O) groups is 4. The summed E-state index contributed by atoms with van der Waals surface area (Å²) in [5, 5.41) is 34.4. The first-order valence-electron chi connectivity index (χ1n) is 8.38. The third-order valence-corrected chi connectivity index (χ3v) is 3.66. The Morgan fingerprint density at radius 2 is 1.64 bits per heavy atom. The zero-order valence-corrected chi connectivity index (χ0v) is 15.2. The predicted octanol–water partition coefficient (Wildman–Crippen LogP) is -2.56. The summed E-state index contributed by atoms with van der Waals surface area (Å²) in [6, 6.07) is 2.39. The van der Waals surface area contributed by atoms with Gasteiger partial charge in [-0.1, -0.05) is 12.1 Å². The normalized spacial score (nSPS) is 13.7. The maximum atomic E-state index is 11.9. The Morgan fingerprint density at radius 3 is 2.14 bits per heavy atom. The average molecular weight is 396 g/mol. The molecule has 154 valence electrons. The number of benzene rings is 1. The topological polar surface area (TPSA) is 191 Å². The van der Waals surface area contributed by atoms with Crippen LogP contribution < -0.4 is 21.7 Å². The van der Waals surface area contributed by atoms with Crippen LogP contribution in [0.3, 0.4) is 0 Å². The highest BCUT2D eigenvalue weighted by molar-refractivity contribution is 5.92. The van der Waals surface area contributed by atoms with E-state index in [1.165, 1.54) is 31.2 Å². The van der Waals surface area contributed by atoms with Crippen molar-refractivity contribution in [1.82, 2.24) is 16.0 Å². The molecule has 11 heteroatoms. The quantitative estimate of drug-likeness (QED) is 0.225. The molecule has 1 aromatic carbocycles. The lowest BCUT2D eigenvalue weighted by atomic mass is 10.1. The van der Waals surface area contributed by atoms with E-state index in [1.807, 2.05) is 0 Å². The lowest BCUT2D eigenvalue weighted by Crippen LogP contribution is -2.54. The SMILES string of the molecule is CC(N)C(=O)NC(CO)C(=O)NCC(=O)NC(Cc1ccc(O)cc1)C(=O)O. The summed E-state index contributed by atoms with van der Waals surface area (Å²) < 4.78 is 0. The van der Waals surface area contributed by atoms with E-state index in [4.69, 9.17) is 5.73 Å². The minimum atomic E-state index is -1.29. The fourth-order valence-corrected chi connectivity index (χ4v) is 2.10. The van der Waals surface area contributed by atoms with Gasteiger partial charge in [-0.25, -0.2) is 4.79 Å². The number of aliphatic carboxylic acids is 1. The van der Waals surface area contributed by atoms with Crippen molar-refractivity contribution >= 4 is 23.7 Å². The first-order chi connectivity index (χ1) is 13.1. The Bertz CT molecular complexity index is 706. The Kier molecular flexibility index (Phi) is 8.85. The van der Waals surface area contributed by atoms with Crippen LogP contribution in [0.5, 0.6) is 5.75 Å². The van der Waals surface area contributed by atoms with Gasteiger partial charge in [0.1, 0.15) is 17.8 Å². The smallest absolute Gasteiger partial charge is 0.326 e. The molecule has 3 amide bonds. The summed E-state index contributed by atoms with van der Waals surface area (Å²) in [7, 11) is 0. The number of aliphatic hydroxyl groups excluding tert-OH is 1. The van der Waals surface area contributed by atoms with Gasteiger partial charge in [0.15, 0.2) is 0 Å². The number of phenols is 1. The van der Waals surface area contributed by atoms with Gasteiger partial charge in [-0.05, 0) is 24.6 Å². The number of carbonyl (C=O) groups excluding carboxylic acids is 3. The van der Waals surface area contributed by atoms with E-state index in [0.717, 1.165) is 0 Å². The van der Waals surface area contributed by atoms with Crippen LogP contribution in [0.1, 0.15) is 12.5 Å². The molecule has 1 rings (SSSR count). The molecular weight excluding hydrogens is 372 g/mol. The number of nitrogens with two attached hydrogens (primary N) is 1. The second kappa shape index (κ2) is 10.8. The van der Waals surface area contributed by atoms with Gasteiger partial charge >= 0.3 is 5.97 Å². The third kappa shape index (κ3) is 7.60. The molecule has 0 aromatic heterocycles. The first-order valence-corrected chi connectivity index (χ1v) is 8.38. The van der Waals surface area contributed by atoms with E-state index in [0.29, 0.717) is 5.56 Å². The Morgan fingerprint density at radius 1 is 1.04 bits per heavy atom. The first kappa shape index (κ1) is 22.9. The fraction of sp³-hybridized carbons (Fsp3) is 0.412. The lowest BCUT2D eigenvalue weighted by Gasteiger charge is -2.18. The number of hydrogen-bond donors (Lipinski definition) is 7. The molecule has 0 aliphatic heterocycles. The number of phenolic OH excluding ortho intramolecular Hbond substituents is 1. The van der Waals surface area contributed by atoms with E-state index in [1.54, 1.807) is 0 Å². The molecule has 11 nitrogen and oxygen atoms in total. The summed E-state index contributed by atoms with van der Waals surface area (Å²) in [6.07, 6.45) is -0.0288. The number of hydrogen-bond acceptors (Lipinski definition) is 7. The molecule has 0 radical (unpaired) electrons. The van der Waals surface area contributed by atoms with Crippen molar-refractivity contribution in [2.75, 3.05) is 13.2 Å². The minimum Gasteiger partial charge on any atom is -0.508 e. The van der Waals surface area contributed by atoms with Crippen LogP contribution in [0.4, 0.5) is 0 Å². The highest BCUT2D eigenvalue weighted by Crippen LogP contribution is 2.11. The molecule has 0 fully saturated rings. The van der Waals surface area contributed by atoms with Crippen LogP contribution in [0.15, 0.2) is 24.3 Å². The second-order valence-corrected chi connectivity index (χ2v) is 6.08. The van der Waals surface area contributed by atoms with Crippen LogP contribution in [0.2, 0.25) is 0 Å². The second-order valence-electron chi connectivity index (χ2n) is 6.08. The largest absolute Gasteiger partial charge is 0.508 e. The number of rotatable bonds is 10. The number of aliphatic hydroxyl groups is 1. The highest BCUT2D eigenvalue weighted by atomic mass is 16.4. The van der Waals surface area contributed by atoms with Crippen molar-refractivity contribution in [3.05, 3.63) is 29.8 Å². The van der Waals surface area contributed by atoms with Crippen molar-refractivity contribution in [3.8, 4) is 5.75 Å². The Labute approximate surface area is 160 Å². The molecule has 0 spiro atoms. The molecule has 0 aliphatic carbocycles. The van der Waals surface area contributed by atoms with Gasteiger partial charge in [0.25, 0.3) is 0 Å². The van der Waals surface area contributed by atoms with Crippen molar-refractivity contribution in [1.29, 1.82) is 0 Å². The van der Waals surface area contributed by atoms with E-state index in [9.17, 15) is 34.5 Å². The molecule has 0 heterocycles. The van der Waals surface area contributed by atoms with E-state index < -0.39 is 55.0 Å². The zero-order valence-electron chi connectivity index (χ0n) is 15.2. The maximum absolute atomic E-state index is 11.9. The number of aromatic hydroxyl groups is 1. The monoisotopic (exact) mass is 396 g/mol. The summed E-state index contributed by atoms with van der Waals surface area (Å²) >= 11 is 0. The maximum Gasteiger partial charge on any atom is 0.326 e. The van der Waals surface area contributed by atoms with Gasteiger partial charge < -0.3 is 37.0 Å². The van der Waals surface area contributed by atoms with E-state index >= 15 is 0 Å². The van der Waals surface area contributed by atoms with Crippen LogP contribution in [0.25, 0.3) is 0 Å². The molecule has 3 unspecified atom stereocenters. The van der Waals surface area contributed by atoms with Crippen molar-refractivity contribution < 1.29 is 34.5 Å². The lowest BCUT2D eigenvalue weighted by molar-refractivity contribution is -0.141. The predicted molar refractivity (Wildman–Crippen MR) is 97.1 cm³/mol. The van der Waals surface area contributed by atoms with E-state index in [-0.39, 0.29) is 12.2 Å². The minimum absolute atomic E-state index is 0.0249. The zero-order chi connectivity index (χ0) is 21.3. The van der Waals surface area contributed by atoms with Gasteiger partial charge in [0.2, 0.25) is 17.7 Å². The molecule has 8 N–H and O–H groups in total. The fourth-order valence-electron chi connectivity index (χ4n) is 2.10. The van der Waals surface area contributed by atoms with Gasteiger partial charge in [-0.3, -0.25) is 14.4 Å². The van der Waals surface area contributed by atoms with Gasteiger partial charge in [-0.2, -0.15) is 0 Å². The molecule has 28 heavy (non-hydrogen) atoms. The molecule has 0 saturated carbocycles. The summed E-state index contributed by atoms with van der Waals surface area (Å²) in [5.74, 6) is -3.49. The number of carboxylic acid groups (broad SMARTS) is 1. The van der Waals surface area contributed by atoms with Crippen molar-refractivity contribution in [2.45, 2.75) is 31.5 Å². The summed E-state index contributed by atoms with van der Waals surface area (Å²) in [6.45, 7) is 0.141. The average Bonchev–Trinajstić information content (AvgIpc) is 2.64. The Hall–Kier alpha value is -3.18. The van der Waals surface area contributed by atoms with Crippen LogP contribution >= 0.6 is 0 Å². The molecule has 0 saturated heterocycles. The van der Waals surface area contributed by atoms with Gasteiger partial charge in [0.05, 0.1) is 19.2 Å². The summed E-state index contributed by atoms with van der Waals surface area (Å²) in [4.78, 5) is 46.7. The molecule has 3 atom stereocenters. The van der Waals surface area contributed by atoms with Crippen molar-refractivity contribution in [3.63, 3.8) is 0 Å². The molecule has 0 aliphatic rings. The Balaban J connectivity index is 2.57. The van der Waals surface area contributed by atoms with Gasteiger partial charge in [0, 0.05) is 6.42 Å². The van der Waals surface area contributed by atoms with E-state index in [2.05, 4.69) is 16.0 Å². The molecule has 0 bridgehead atoms.